The lowest BCUT2D eigenvalue weighted by atomic mass is 10.1. The monoisotopic (exact) mass is 494 g/mol. The summed E-state index contributed by atoms with van der Waals surface area (Å²) in [6, 6.07) is 5.78. The van der Waals surface area contributed by atoms with Gasteiger partial charge in [0.1, 0.15) is 17.3 Å². The molecule has 0 aliphatic rings. The van der Waals surface area contributed by atoms with Gasteiger partial charge in [-0.2, -0.15) is 5.10 Å². The van der Waals surface area contributed by atoms with E-state index in [2.05, 4.69) is 49.3 Å². The van der Waals surface area contributed by atoms with Gasteiger partial charge in [-0.1, -0.05) is 13.8 Å². The molecule has 6 aromatic rings. The third-order valence-electron chi connectivity index (χ3n) is 6.06. The van der Waals surface area contributed by atoms with Crippen molar-refractivity contribution in [1.82, 2.24) is 44.7 Å². The van der Waals surface area contributed by atoms with Gasteiger partial charge in [-0.15, -0.1) is 0 Å². The van der Waals surface area contributed by atoms with E-state index in [0.717, 1.165) is 44.9 Å². The third-order valence-corrected chi connectivity index (χ3v) is 6.06. The highest BCUT2D eigenvalue weighted by Gasteiger charge is 2.17. The van der Waals surface area contributed by atoms with Gasteiger partial charge in [0.15, 0.2) is 11.5 Å². The van der Waals surface area contributed by atoms with Crippen molar-refractivity contribution in [3.05, 3.63) is 61.2 Å². The van der Waals surface area contributed by atoms with E-state index in [1.165, 1.54) is 0 Å². The van der Waals surface area contributed by atoms with Crippen LogP contribution in [0.5, 0.6) is 0 Å². The molecular weight excluding hydrogens is 468 g/mol. The summed E-state index contributed by atoms with van der Waals surface area (Å²) in [6.07, 6.45) is 10.6. The Labute approximate surface area is 212 Å². The van der Waals surface area contributed by atoms with E-state index in [9.17, 15) is 5.11 Å². The topological polar surface area (TPSA) is 146 Å². The molecule has 11 heteroatoms. The zero-order valence-corrected chi connectivity index (χ0v) is 20.6. The summed E-state index contributed by atoms with van der Waals surface area (Å²) in [5.41, 5.74) is 7.64. The van der Waals surface area contributed by atoms with Crippen molar-refractivity contribution in [2.75, 3.05) is 5.32 Å². The molecule has 0 radical (unpaired) electrons. The van der Waals surface area contributed by atoms with Crippen molar-refractivity contribution in [1.29, 1.82) is 0 Å². The van der Waals surface area contributed by atoms with Gasteiger partial charge in [0.25, 0.3) is 0 Å². The average Bonchev–Trinajstić information content (AvgIpc) is 3.60. The second-order valence-electron chi connectivity index (χ2n) is 9.48. The molecule has 0 aromatic carbocycles. The fourth-order valence-electron chi connectivity index (χ4n) is 4.35. The van der Waals surface area contributed by atoms with E-state index in [-0.39, 0.29) is 0 Å². The van der Waals surface area contributed by atoms with Crippen LogP contribution in [0, 0.1) is 12.8 Å². The quantitative estimate of drug-likeness (QED) is 0.241. The number of pyridine rings is 3. The van der Waals surface area contributed by atoms with Gasteiger partial charge in [-0.25, -0.2) is 15.0 Å². The van der Waals surface area contributed by atoms with Crippen LogP contribution in [0.1, 0.15) is 26.0 Å². The first-order valence-electron chi connectivity index (χ1n) is 12.0. The molecule has 0 saturated carbocycles. The molecule has 0 aliphatic carbocycles. The molecule has 6 heterocycles. The normalized spacial score (nSPS) is 12.6. The number of aromatic nitrogens is 9. The molecule has 0 spiro atoms. The van der Waals surface area contributed by atoms with Crippen molar-refractivity contribution in [2.24, 2.45) is 5.92 Å². The summed E-state index contributed by atoms with van der Waals surface area (Å²) in [7, 11) is 0. The zero-order chi connectivity index (χ0) is 25.5. The number of fused-ring (bicyclic) bond motifs is 2. The number of imidazole rings is 2. The predicted molar refractivity (Wildman–Crippen MR) is 141 cm³/mol. The van der Waals surface area contributed by atoms with Gasteiger partial charge in [0.05, 0.1) is 58.7 Å². The molecule has 186 valence electrons. The highest BCUT2D eigenvalue weighted by Crippen LogP contribution is 2.29. The number of aliphatic hydroxyl groups excluding tert-OH is 1. The van der Waals surface area contributed by atoms with Crippen LogP contribution in [0.2, 0.25) is 0 Å². The molecule has 0 bridgehead atoms. The average molecular weight is 495 g/mol. The first-order valence-corrected chi connectivity index (χ1v) is 12.0. The number of rotatable bonds is 7. The van der Waals surface area contributed by atoms with Crippen molar-refractivity contribution >= 4 is 27.8 Å². The van der Waals surface area contributed by atoms with E-state index in [0.29, 0.717) is 29.4 Å². The Hall–Kier alpha value is -4.64. The molecule has 4 N–H and O–H groups in total. The number of aromatic amines is 2. The summed E-state index contributed by atoms with van der Waals surface area (Å²) >= 11 is 0. The maximum absolute atomic E-state index is 10.3. The number of nitrogens with one attached hydrogen (secondary N) is 3. The highest BCUT2D eigenvalue weighted by molar-refractivity contribution is 5.92. The van der Waals surface area contributed by atoms with Crippen LogP contribution in [0.25, 0.3) is 50.5 Å². The van der Waals surface area contributed by atoms with Crippen LogP contribution in [0.3, 0.4) is 0 Å². The van der Waals surface area contributed by atoms with E-state index >= 15 is 0 Å². The minimum atomic E-state index is -0.647. The zero-order valence-electron chi connectivity index (χ0n) is 20.6. The second kappa shape index (κ2) is 9.10. The molecule has 0 amide bonds. The van der Waals surface area contributed by atoms with Crippen LogP contribution >= 0.6 is 0 Å². The van der Waals surface area contributed by atoms with Crippen LogP contribution in [0.15, 0.2) is 55.5 Å². The van der Waals surface area contributed by atoms with Gasteiger partial charge in [-0.3, -0.25) is 15.1 Å². The number of hydrogen-bond donors (Lipinski definition) is 4. The Bertz CT molecular complexity index is 1710. The first-order chi connectivity index (χ1) is 17.9. The Morgan fingerprint density at radius 3 is 2.70 bits per heavy atom. The second-order valence-corrected chi connectivity index (χ2v) is 9.48. The van der Waals surface area contributed by atoms with E-state index < -0.39 is 6.23 Å². The van der Waals surface area contributed by atoms with Gasteiger partial charge in [0.2, 0.25) is 0 Å². The Morgan fingerprint density at radius 2 is 1.89 bits per heavy atom. The van der Waals surface area contributed by atoms with E-state index in [4.69, 9.17) is 9.97 Å². The standard InChI is InChI=1S/C26H26N10O/c1-14(2)6-22(37)30-17-7-16(8-27-9-17)18-4-5-19-24(31-18)25(35-34-19)26-32-20-10-28-11-21(23(20)33-26)36-12-15(3)29-13-36/h4-5,7-14,22,30,37H,6H2,1-3H3,(H,32,33)(H,34,35). The summed E-state index contributed by atoms with van der Waals surface area (Å²) in [6.45, 7) is 6.08. The molecule has 11 nitrogen and oxygen atoms in total. The minimum Gasteiger partial charge on any atom is -0.374 e. The minimum absolute atomic E-state index is 0.372. The van der Waals surface area contributed by atoms with Crippen LogP contribution in [-0.4, -0.2) is 56.0 Å². The largest absolute Gasteiger partial charge is 0.374 e. The molecular formula is C26H26N10O. The summed E-state index contributed by atoms with van der Waals surface area (Å²) in [4.78, 5) is 26.1. The Kier molecular flexibility index (Phi) is 5.61. The maximum atomic E-state index is 10.3. The van der Waals surface area contributed by atoms with Gasteiger partial charge >= 0.3 is 0 Å². The van der Waals surface area contributed by atoms with Crippen LogP contribution in [0.4, 0.5) is 5.69 Å². The van der Waals surface area contributed by atoms with Crippen LogP contribution < -0.4 is 5.32 Å². The Balaban J connectivity index is 1.37. The molecule has 1 unspecified atom stereocenters. The number of anilines is 1. The lowest BCUT2D eigenvalue weighted by Crippen LogP contribution is -2.20. The van der Waals surface area contributed by atoms with Crippen LogP contribution in [-0.2, 0) is 0 Å². The third kappa shape index (κ3) is 4.40. The molecule has 0 aliphatic heterocycles. The fourth-order valence-corrected chi connectivity index (χ4v) is 4.35. The number of nitrogens with zero attached hydrogens (tertiary/aromatic N) is 7. The van der Waals surface area contributed by atoms with Crippen molar-refractivity contribution < 1.29 is 5.11 Å². The Morgan fingerprint density at radius 1 is 1.03 bits per heavy atom. The number of aliphatic hydroxyl groups is 1. The number of hydrogen-bond acceptors (Lipinski definition) is 8. The molecule has 0 fully saturated rings. The fraction of sp³-hybridized carbons (Fsp3) is 0.231. The SMILES string of the molecule is Cc1cn(-c2cncc3[nH]c(-c4n[nH]c5ccc(-c6cncc(NC(O)CC(C)C)c6)nc45)nc23)cn1. The van der Waals surface area contributed by atoms with Gasteiger partial charge in [-0.05, 0) is 37.5 Å². The van der Waals surface area contributed by atoms with E-state index in [1.807, 2.05) is 35.9 Å². The molecule has 1 atom stereocenters. The van der Waals surface area contributed by atoms with Crippen molar-refractivity contribution in [3.63, 3.8) is 0 Å². The molecule has 6 rings (SSSR count). The summed E-state index contributed by atoms with van der Waals surface area (Å²) in [5, 5.41) is 20.9. The lowest BCUT2D eigenvalue weighted by molar-refractivity contribution is 0.176. The molecule has 6 aromatic heterocycles. The lowest BCUT2D eigenvalue weighted by Gasteiger charge is -2.16. The van der Waals surface area contributed by atoms with Crippen molar-refractivity contribution in [2.45, 2.75) is 33.4 Å². The van der Waals surface area contributed by atoms with Crippen molar-refractivity contribution in [3.8, 4) is 28.5 Å². The van der Waals surface area contributed by atoms with E-state index in [1.54, 1.807) is 31.1 Å². The smallest absolute Gasteiger partial charge is 0.161 e. The maximum Gasteiger partial charge on any atom is 0.161 e. The van der Waals surface area contributed by atoms with Gasteiger partial charge < -0.3 is 20.0 Å². The first kappa shape index (κ1) is 22.8. The molecule has 0 saturated heterocycles. The predicted octanol–water partition coefficient (Wildman–Crippen LogP) is 4.23. The summed E-state index contributed by atoms with van der Waals surface area (Å²) < 4.78 is 1.90. The molecule has 37 heavy (non-hydrogen) atoms. The highest BCUT2D eigenvalue weighted by atomic mass is 16.3. The number of aryl methyl sites for hydroxylation is 1. The number of H-pyrrole nitrogens is 2. The van der Waals surface area contributed by atoms with Gasteiger partial charge in [0, 0.05) is 18.0 Å². The summed E-state index contributed by atoms with van der Waals surface area (Å²) in [5.74, 6) is 0.957.